The van der Waals surface area contributed by atoms with E-state index in [1.807, 2.05) is 0 Å². The van der Waals surface area contributed by atoms with Gasteiger partial charge in [0.1, 0.15) is 6.61 Å². The van der Waals surface area contributed by atoms with E-state index in [9.17, 15) is 0 Å². The predicted octanol–water partition coefficient (Wildman–Crippen LogP) is 2.29. The molecule has 0 aliphatic carbocycles. The summed E-state index contributed by atoms with van der Waals surface area (Å²) in [5, 5.41) is 0.620. The summed E-state index contributed by atoms with van der Waals surface area (Å²) in [6, 6.07) is 3.52. The van der Waals surface area contributed by atoms with Crippen LogP contribution in [0.25, 0.3) is 0 Å². The predicted molar refractivity (Wildman–Crippen MR) is 53.7 cm³/mol. The fraction of sp³-hybridized carbons (Fsp3) is 0.500. The Morgan fingerprint density at radius 1 is 1.57 bits per heavy atom. The lowest BCUT2D eigenvalue weighted by Crippen LogP contribution is -2.16. The Bertz CT molecular complexity index is 283. The zero-order valence-corrected chi connectivity index (χ0v) is 8.54. The molecule has 1 unspecified atom stereocenters. The lowest BCUT2D eigenvalue weighted by atomic mass is 10.2. The Morgan fingerprint density at radius 3 is 3.14 bits per heavy atom. The van der Waals surface area contributed by atoms with Crippen molar-refractivity contribution in [2.45, 2.75) is 18.9 Å². The van der Waals surface area contributed by atoms with Gasteiger partial charge in [-0.05, 0) is 18.9 Å². The molecule has 0 aromatic carbocycles. The SMILES string of the molecule is Clc1ccc(OCC2CCCO2)nc1. The molecule has 1 aliphatic rings. The van der Waals surface area contributed by atoms with Crippen molar-refractivity contribution >= 4 is 11.6 Å². The minimum absolute atomic E-state index is 0.229. The molecule has 0 saturated carbocycles. The fourth-order valence-corrected chi connectivity index (χ4v) is 1.51. The third kappa shape index (κ3) is 2.59. The van der Waals surface area contributed by atoms with E-state index in [0.717, 1.165) is 19.4 Å². The van der Waals surface area contributed by atoms with Crippen molar-refractivity contribution < 1.29 is 9.47 Å². The van der Waals surface area contributed by atoms with Crippen molar-refractivity contribution in [3.63, 3.8) is 0 Å². The number of hydrogen-bond acceptors (Lipinski definition) is 3. The molecule has 0 radical (unpaired) electrons. The second kappa shape index (κ2) is 4.62. The highest BCUT2D eigenvalue weighted by Crippen LogP contribution is 2.15. The first-order valence-corrected chi connectivity index (χ1v) is 5.08. The average molecular weight is 214 g/mol. The molecule has 76 valence electrons. The summed E-state index contributed by atoms with van der Waals surface area (Å²) < 4.78 is 10.9. The second-order valence-electron chi connectivity index (χ2n) is 3.26. The first-order chi connectivity index (χ1) is 6.84. The van der Waals surface area contributed by atoms with Crippen molar-refractivity contribution in [2.24, 2.45) is 0 Å². The topological polar surface area (TPSA) is 31.4 Å². The molecule has 14 heavy (non-hydrogen) atoms. The number of hydrogen-bond donors (Lipinski definition) is 0. The summed E-state index contributed by atoms with van der Waals surface area (Å²) in [6.07, 6.45) is 4.01. The highest BCUT2D eigenvalue weighted by molar-refractivity contribution is 6.30. The van der Waals surface area contributed by atoms with Crippen LogP contribution in [0.15, 0.2) is 18.3 Å². The largest absolute Gasteiger partial charge is 0.475 e. The van der Waals surface area contributed by atoms with Crippen molar-refractivity contribution in [2.75, 3.05) is 13.2 Å². The second-order valence-corrected chi connectivity index (χ2v) is 3.70. The van der Waals surface area contributed by atoms with Crippen LogP contribution in [0.2, 0.25) is 5.02 Å². The first kappa shape index (κ1) is 9.74. The van der Waals surface area contributed by atoms with Crippen LogP contribution >= 0.6 is 11.6 Å². The Hall–Kier alpha value is -0.800. The normalized spacial score (nSPS) is 21.1. The molecule has 4 heteroatoms. The van der Waals surface area contributed by atoms with Gasteiger partial charge in [0.05, 0.1) is 11.1 Å². The lowest BCUT2D eigenvalue weighted by Gasteiger charge is -2.10. The van der Waals surface area contributed by atoms with Gasteiger partial charge in [0.25, 0.3) is 0 Å². The molecule has 1 saturated heterocycles. The van der Waals surface area contributed by atoms with Gasteiger partial charge in [0.2, 0.25) is 5.88 Å². The van der Waals surface area contributed by atoms with Gasteiger partial charge in [0, 0.05) is 18.9 Å². The molecule has 3 nitrogen and oxygen atoms in total. The van der Waals surface area contributed by atoms with E-state index in [1.54, 1.807) is 18.3 Å². The maximum atomic E-state index is 5.70. The van der Waals surface area contributed by atoms with Crippen molar-refractivity contribution in [3.8, 4) is 5.88 Å². The minimum atomic E-state index is 0.229. The monoisotopic (exact) mass is 213 g/mol. The summed E-state index contributed by atoms with van der Waals surface area (Å²) >= 11 is 5.70. The molecular weight excluding hydrogens is 202 g/mol. The fourth-order valence-electron chi connectivity index (χ4n) is 1.40. The standard InChI is InChI=1S/C10H12ClNO2/c11-8-3-4-10(12-6-8)14-7-9-2-1-5-13-9/h3-4,6,9H,1-2,5,7H2. The highest BCUT2D eigenvalue weighted by atomic mass is 35.5. The van der Waals surface area contributed by atoms with E-state index in [-0.39, 0.29) is 6.10 Å². The summed E-state index contributed by atoms with van der Waals surface area (Å²) in [7, 11) is 0. The van der Waals surface area contributed by atoms with Gasteiger partial charge in [-0.1, -0.05) is 11.6 Å². The summed E-state index contributed by atoms with van der Waals surface area (Å²) in [5.41, 5.74) is 0. The van der Waals surface area contributed by atoms with Crippen LogP contribution < -0.4 is 4.74 Å². The maximum absolute atomic E-state index is 5.70. The number of halogens is 1. The molecule has 1 aromatic rings. The van der Waals surface area contributed by atoms with Crippen LogP contribution in [0.1, 0.15) is 12.8 Å². The summed E-state index contributed by atoms with van der Waals surface area (Å²) in [5.74, 6) is 0.602. The lowest BCUT2D eigenvalue weighted by molar-refractivity contribution is 0.0663. The van der Waals surface area contributed by atoms with Gasteiger partial charge in [-0.3, -0.25) is 0 Å². The van der Waals surface area contributed by atoms with Gasteiger partial charge in [-0.25, -0.2) is 4.98 Å². The van der Waals surface area contributed by atoms with Crippen LogP contribution in [0.5, 0.6) is 5.88 Å². The molecule has 0 spiro atoms. The molecular formula is C10H12ClNO2. The zero-order chi connectivity index (χ0) is 9.80. The summed E-state index contributed by atoms with van der Waals surface area (Å²) in [4.78, 5) is 4.03. The molecule has 1 aromatic heterocycles. The Kier molecular flexibility index (Phi) is 3.22. The van der Waals surface area contributed by atoms with Crippen molar-refractivity contribution in [3.05, 3.63) is 23.4 Å². The third-order valence-corrected chi connectivity index (χ3v) is 2.36. The number of pyridine rings is 1. The molecule has 1 fully saturated rings. The van der Waals surface area contributed by atoms with E-state index in [4.69, 9.17) is 21.1 Å². The Morgan fingerprint density at radius 2 is 2.50 bits per heavy atom. The summed E-state index contributed by atoms with van der Waals surface area (Å²) in [6.45, 7) is 1.43. The van der Waals surface area contributed by atoms with Crippen molar-refractivity contribution in [1.29, 1.82) is 0 Å². The zero-order valence-electron chi connectivity index (χ0n) is 7.78. The van der Waals surface area contributed by atoms with Crippen LogP contribution in [0, 0.1) is 0 Å². The van der Waals surface area contributed by atoms with Crippen LogP contribution in [0.3, 0.4) is 0 Å². The van der Waals surface area contributed by atoms with E-state index in [2.05, 4.69) is 4.98 Å². The van der Waals surface area contributed by atoms with Crippen LogP contribution in [-0.4, -0.2) is 24.3 Å². The minimum Gasteiger partial charge on any atom is -0.475 e. The van der Waals surface area contributed by atoms with Gasteiger partial charge in [0.15, 0.2) is 0 Å². The molecule has 0 N–H and O–H groups in total. The number of aromatic nitrogens is 1. The van der Waals surface area contributed by atoms with Gasteiger partial charge < -0.3 is 9.47 Å². The van der Waals surface area contributed by atoms with E-state index in [0.29, 0.717) is 17.5 Å². The Labute approximate surface area is 88.0 Å². The van der Waals surface area contributed by atoms with E-state index in [1.165, 1.54) is 0 Å². The van der Waals surface area contributed by atoms with Gasteiger partial charge in [-0.15, -0.1) is 0 Å². The smallest absolute Gasteiger partial charge is 0.213 e. The van der Waals surface area contributed by atoms with Crippen LogP contribution in [0.4, 0.5) is 0 Å². The first-order valence-electron chi connectivity index (χ1n) is 4.70. The highest BCUT2D eigenvalue weighted by Gasteiger charge is 2.15. The van der Waals surface area contributed by atoms with Gasteiger partial charge >= 0.3 is 0 Å². The average Bonchev–Trinajstić information content (AvgIpc) is 2.70. The Balaban J connectivity index is 1.82. The number of rotatable bonds is 3. The van der Waals surface area contributed by atoms with E-state index >= 15 is 0 Å². The third-order valence-electron chi connectivity index (χ3n) is 2.14. The van der Waals surface area contributed by atoms with Gasteiger partial charge in [-0.2, -0.15) is 0 Å². The number of ether oxygens (including phenoxy) is 2. The number of nitrogens with zero attached hydrogens (tertiary/aromatic N) is 1. The van der Waals surface area contributed by atoms with E-state index < -0.39 is 0 Å². The van der Waals surface area contributed by atoms with Crippen molar-refractivity contribution in [1.82, 2.24) is 4.98 Å². The molecule has 0 bridgehead atoms. The quantitative estimate of drug-likeness (QED) is 0.772. The molecule has 2 rings (SSSR count). The molecule has 0 amide bonds. The molecule has 1 aliphatic heterocycles. The maximum Gasteiger partial charge on any atom is 0.213 e. The molecule has 1 atom stereocenters. The molecule has 2 heterocycles. The van der Waals surface area contributed by atoms with Crippen LogP contribution in [-0.2, 0) is 4.74 Å².